The van der Waals surface area contributed by atoms with Crippen LogP contribution in [0.25, 0.3) is 77.2 Å². The van der Waals surface area contributed by atoms with E-state index in [4.69, 9.17) is 4.42 Å². The number of anilines is 3. The molecule has 1 aromatic heterocycles. The van der Waals surface area contributed by atoms with Crippen molar-refractivity contribution in [1.82, 2.24) is 0 Å². The van der Waals surface area contributed by atoms with E-state index in [0.29, 0.717) is 0 Å². The lowest BCUT2D eigenvalue weighted by Crippen LogP contribution is -2.26. The highest BCUT2D eigenvalue weighted by molar-refractivity contribution is 6.23. The van der Waals surface area contributed by atoms with Crippen LogP contribution in [0.1, 0.15) is 22.3 Å². The number of para-hydroxylation sites is 1. The molecule has 0 bridgehead atoms. The van der Waals surface area contributed by atoms with Gasteiger partial charge in [0.25, 0.3) is 0 Å². The lowest BCUT2D eigenvalue weighted by molar-refractivity contribution is 0.669. The molecule has 0 saturated carbocycles. The molecule has 13 rings (SSSR count). The number of rotatable bonds is 5. The number of hydrogen-bond donors (Lipinski definition) is 0. The highest BCUT2D eigenvalue weighted by Crippen LogP contribution is 2.65. The molecule has 0 N–H and O–H groups in total. The van der Waals surface area contributed by atoms with Crippen LogP contribution in [0.3, 0.4) is 0 Å². The molecule has 0 fully saturated rings. The zero-order chi connectivity index (χ0) is 40.1. The molecule has 10 aromatic carbocycles. The van der Waals surface area contributed by atoms with Crippen LogP contribution in [-0.2, 0) is 5.41 Å². The number of nitrogens with zero attached hydrogens (tertiary/aromatic N) is 1. The molecule has 0 atom stereocenters. The van der Waals surface area contributed by atoms with E-state index in [1.807, 2.05) is 0 Å². The summed E-state index contributed by atoms with van der Waals surface area (Å²) in [6, 6.07) is 82.2. The van der Waals surface area contributed by atoms with E-state index in [0.717, 1.165) is 55.5 Å². The van der Waals surface area contributed by atoms with Gasteiger partial charge in [-0.1, -0.05) is 188 Å². The van der Waals surface area contributed by atoms with Crippen molar-refractivity contribution < 1.29 is 4.42 Å². The first kappa shape index (κ1) is 34.0. The molecular formula is C59H37NO. The molecule has 1 spiro atoms. The summed E-state index contributed by atoms with van der Waals surface area (Å²) in [4.78, 5) is 2.48. The molecule has 2 nitrogen and oxygen atoms in total. The minimum absolute atomic E-state index is 0.474. The van der Waals surface area contributed by atoms with Gasteiger partial charge in [-0.2, -0.15) is 0 Å². The topological polar surface area (TPSA) is 16.4 Å². The Bertz CT molecular complexity index is 3510. The fourth-order valence-corrected chi connectivity index (χ4v) is 10.8. The van der Waals surface area contributed by atoms with E-state index in [-0.39, 0.29) is 0 Å². The van der Waals surface area contributed by atoms with Crippen molar-refractivity contribution in [3.8, 4) is 44.5 Å². The molecule has 61 heavy (non-hydrogen) atoms. The standard InChI is InChI=1S/C59H37NO/c1-2-17-38(18-3-1)39-20-14-21-40(35-39)41-22-15-23-43(36-41)60(54-37-42-19-4-5-24-44(42)56-48-28-9-13-34-55(48)61-58(54)56)53-33-16-32-52-57(53)47-27-8-12-31-51(47)59(52)49-29-10-6-25-45(49)46-26-7-11-30-50(46)59/h1-37H. The Labute approximate surface area is 354 Å². The first-order valence-corrected chi connectivity index (χ1v) is 21.1. The van der Waals surface area contributed by atoms with Crippen LogP contribution in [0.2, 0.25) is 0 Å². The molecular weight excluding hydrogens is 739 g/mol. The van der Waals surface area contributed by atoms with E-state index in [1.165, 1.54) is 61.0 Å². The first-order chi connectivity index (χ1) is 30.3. The summed E-state index contributed by atoms with van der Waals surface area (Å²) < 4.78 is 7.03. The van der Waals surface area contributed by atoms with Crippen LogP contribution in [0.15, 0.2) is 229 Å². The van der Waals surface area contributed by atoms with Gasteiger partial charge in [0.15, 0.2) is 5.58 Å². The van der Waals surface area contributed by atoms with Gasteiger partial charge in [-0.25, -0.2) is 0 Å². The zero-order valence-corrected chi connectivity index (χ0v) is 33.2. The number of hydrogen-bond acceptors (Lipinski definition) is 2. The Balaban J connectivity index is 1.13. The molecule has 0 amide bonds. The normalized spacial score (nSPS) is 13.0. The molecule has 2 aliphatic rings. The Morgan fingerprint density at radius 1 is 0.361 bits per heavy atom. The Kier molecular flexibility index (Phi) is 7.26. The van der Waals surface area contributed by atoms with Crippen molar-refractivity contribution in [3.05, 3.63) is 247 Å². The van der Waals surface area contributed by atoms with Gasteiger partial charge in [0.2, 0.25) is 0 Å². The third kappa shape index (κ3) is 4.79. The largest absolute Gasteiger partial charge is 0.454 e. The van der Waals surface area contributed by atoms with Crippen molar-refractivity contribution in [2.75, 3.05) is 4.90 Å². The second-order valence-electron chi connectivity index (χ2n) is 16.3. The van der Waals surface area contributed by atoms with E-state index in [9.17, 15) is 0 Å². The Morgan fingerprint density at radius 3 is 1.67 bits per heavy atom. The molecule has 1 heterocycles. The smallest absolute Gasteiger partial charge is 0.160 e. The van der Waals surface area contributed by atoms with Gasteiger partial charge in [0.1, 0.15) is 5.58 Å². The van der Waals surface area contributed by atoms with Gasteiger partial charge in [0.05, 0.1) is 16.8 Å². The van der Waals surface area contributed by atoms with Crippen LogP contribution in [0, 0.1) is 0 Å². The molecule has 0 saturated heterocycles. The average Bonchev–Trinajstić information content (AvgIpc) is 3.97. The Hall–Kier alpha value is -7.94. The van der Waals surface area contributed by atoms with Crippen LogP contribution in [0.5, 0.6) is 0 Å². The van der Waals surface area contributed by atoms with E-state index in [2.05, 4.69) is 229 Å². The number of fused-ring (bicyclic) bond motifs is 15. The van der Waals surface area contributed by atoms with Crippen LogP contribution in [-0.4, -0.2) is 0 Å². The number of furan rings is 1. The Morgan fingerprint density at radius 2 is 0.902 bits per heavy atom. The van der Waals surface area contributed by atoms with Gasteiger partial charge in [-0.3, -0.25) is 0 Å². The van der Waals surface area contributed by atoms with Gasteiger partial charge in [-0.15, -0.1) is 0 Å². The van der Waals surface area contributed by atoms with Gasteiger partial charge in [0, 0.05) is 22.0 Å². The van der Waals surface area contributed by atoms with Gasteiger partial charge >= 0.3 is 0 Å². The van der Waals surface area contributed by atoms with Crippen molar-refractivity contribution in [3.63, 3.8) is 0 Å². The fourth-order valence-electron chi connectivity index (χ4n) is 10.8. The van der Waals surface area contributed by atoms with Crippen molar-refractivity contribution in [2.24, 2.45) is 0 Å². The minimum atomic E-state index is -0.474. The molecule has 0 unspecified atom stereocenters. The summed E-state index contributed by atoms with van der Waals surface area (Å²) in [5.74, 6) is 0. The third-order valence-corrected chi connectivity index (χ3v) is 13.2. The van der Waals surface area contributed by atoms with Gasteiger partial charge < -0.3 is 9.32 Å². The maximum Gasteiger partial charge on any atom is 0.160 e. The molecule has 0 aliphatic heterocycles. The zero-order valence-electron chi connectivity index (χ0n) is 33.2. The molecule has 0 radical (unpaired) electrons. The van der Waals surface area contributed by atoms with Crippen molar-refractivity contribution >= 4 is 49.8 Å². The van der Waals surface area contributed by atoms with Gasteiger partial charge in [-0.05, 0) is 108 Å². The summed E-state index contributed by atoms with van der Waals surface area (Å²) in [6.07, 6.45) is 0. The quantitative estimate of drug-likeness (QED) is 0.173. The minimum Gasteiger partial charge on any atom is -0.454 e. The predicted molar refractivity (Wildman–Crippen MR) is 253 cm³/mol. The highest BCUT2D eigenvalue weighted by Gasteiger charge is 2.52. The predicted octanol–water partition coefficient (Wildman–Crippen LogP) is 15.9. The van der Waals surface area contributed by atoms with E-state index < -0.39 is 5.41 Å². The van der Waals surface area contributed by atoms with Crippen molar-refractivity contribution in [1.29, 1.82) is 0 Å². The fraction of sp³-hybridized carbons (Fsp3) is 0.0169. The summed E-state index contributed by atoms with van der Waals surface area (Å²) in [6.45, 7) is 0. The van der Waals surface area contributed by atoms with E-state index in [1.54, 1.807) is 0 Å². The highest BCUT2D eigenvalue weighted by atomic mass is 16.3. The SMILES string of the molecule is c1ccc(-c2cccc(-c3cccc(N(c4cccc5c4-c4ccccc4C54c5ccccc5-c5ccccc54)c4cc5ccccc5c5c4oc4ccccc45)c3)c2)cc1. The monoisotopic (exact) mass is 775 g/mol. The maximum absolute atomic E-state index is 7.03. The average molecular weight is 776 g/mol. The second kappa shape index (κ2) is 13.0. The summed E-state index contributed by atoms with van der Waals surface area (Å²) in [5, 5.41) is 4.59. The molecule has 2 heteroatoms. The maximum atomic E-state index is 7.03. The van der Waals surface area contributed by atoms with E-state index >= 15 is 0 Å². The molecule has 11 aromatic rings. The van der Waals surface area contributed by atoms with Crippen LogP contribution >= 0.6 is 0 Å². The summed E-state index contributed by atoms with van der Waals surface area (Å²) in [7, 11) is 0. The summed E-state index contributed by atoms with van der Waals surface area (Å²) in [5.41, 5.74) is 19.5. The molecule has 284 valence electrons. The third-order valence-electron chi connectivity index (χ3n) is 13.2. The molecule has 2 aliphatic carbocycles. The number of benzene rings is 10. The summed E-state index contributed by atoms with van der Waals surface area (Å²) >= 11 is 0. The first-order valence-electron chi connectivity index (χ1n) is 21.1. The second-order valence-corrected chi connectivity index (χ2v) is 16.3. The lowest BCUT2D eigenvalue weighted by Gasteiger charge is -2.32. The van der Waals surface area contributed by atoms with Crippen molar-refractivity contribution in [2.45, 2.75) is 5.41 Å². The van der Waals surface area contributed by atoms with Crippen LogP contribution < -0.4 is 4.90 Å². The van der Waals surface area contributed by atoms with Crippen LogP contribution in [0.4, 0.5) is 17.1 Å². The lowest BCUT2D eigenvalue weighted by atomic mass is 9.70.